The van der Waals surface area contributed by atoms with Crippen LogP contribution in [0.2, 0.25) is 0 Å². The maximum Gasteiger partial charge on any atom is 0.273 e. The lowest BCUT2D eigenvalue weighted by molar-refractivity contribution is -0.384. The van der Waals surface area contributed by atoms with Gasteiger partial charge in [0.1, 0.15) is 33.7 Å². The minimum Gasteiger partial charge on any atom is -0.457 e. The predicted octanol–water partition coefficient (Wildman–Crippen LogP) is 3.94. The third-order valence-electron chi connectivity index (χ3n) is 6.76. The van der Waals surface area contributed by atoms with Gasteiger partial charge in [0.25, 0.3) is 11.2 Å². The Labute approximate surface area is 231 Å². The number of nitrogens with zero attached hydrogens (tertiary/aromatic N) is 6. The number of hydrogen-bond donors (Lipinski definition) is 0. The molecule has 0 bridgehead atoms. The number of furan rings is 1. The van der Waals surface area contributed by atoms with Crippen molar-refractivity contribution in [2.24, 2.45) is 0 Å². The summed E-state index contributed by atoms with van der Waals surface area (Å²) in [5, 5.41) is 30.0. The number of nitro groups is 1. The number of nitro benzene ring substituents is 1. The monoisotopic (exact) mass is 550 g/mol. The summed E-state index contributed by atoms with van der Waals surface area (Å²) < 4.78 is 10.3. The number of nitriles is 1. The minimum atomic E-state index is -0.458. The van der Waals surface area contributed by atoms with Crippen LogP contribution in [0.25, 0.3) is 28.7 Å². The molecule has 0 spiro atoms. The Hall–Kier alpha value is -5.08. The van der Waals surface area contributed by atoms with Crippen LogP contribution in [0.4, 0.5) is 5.69 Å². The molecule has 3 aromatic heterocycles. The molecule has 40 heavy (non-hydrogen) atoms. The Bertz CT molecular complexity index is 1940. The number of rotatable bonds is 5. The van der Waals surface area contributed by atoms with Gasteiger partial charge in [-0.3, -0.25) is 19.5 Å². The largest absolute Gasteiger partial charge is 0.457 e. The van der Waals surface area contributed by atoms with Crippen molar-refractivity contribution in [1.82, 2.24) is 19.3 Å². The average Bonchev–Trinajstić information content (AvgIpc) is 3.63. The molecule has 0 aliphatic carbocycles. The molecule has 0 amide bonds. The normalized spacial score (nSPS) is 14.3. The van der Waals surface area contributed by atoms with Crippen molar-refractivity contribution in [2.45, 2.75) is 32.2 Å². The molecule has 6 rings (SSSR count). The second-order valence-electron chi connectivity index (χ2n) is 9.29. The van der Waals surface area contributed by atoms with E-state index >= 15 is 0 Å². The van der Waals surface area contributed by atoms with E-state index in [2.05, 4.69) is 16.3 Å². The standard InChI is InChI=1S/C29H22N6O4S/c30-18-23(27-32-31-26-9-5-2-6-16-33(26)27)29-34(20-7-3-1-4-8-20)28(36)25(40-29)17-22-14-15-24(39-22)19-10-12-21(13-11-19)35(37)38/h1,3-4,7-8,10-15,17H,2,5-6,9,16H2/b25-17+,29-23-. The molecule has 0 saturated heterocycles. The number of hydrogen-bond acceptors (Lipinski definition) is 8. The summed E-state index contributed by atoms with van der Waals surface area (Å²) in [5.41, 5.74) is 1.29. The van der Waals surface area contributed by atoms with Crippen molar-refractivity contribution >= 4 is 28.7 Å². The van der Waals surface area contributed by atoms with Gasteiger partial charge < -0.3 is 8.98 Å². The molecule has 0 N–H and O–H groups in total. The Balaban J connectivity index is 1.52. The zero-order valence-electron chi connectivity index (χ0n) is 21.2. The second kappa shape index (κ2) is 10.6. The van der Waals surface area contributed by atoms with Crippen LogP contribution in [0.3, 0.4) is 0 Å². The molecular weight excluding hydrogens is 528 g/mol. The zero-order valence-corrected chi connectivity index (χ0v) is 22.0. The van der Waals surface area contributed by atoms with Gasteiger partial charge in [-0.25, -0.2) is 0 Å². The molecule has 5 aromatic rings. The molecule has 1 aliphatic heterocycles. The van der Waals surface area contributed by atoms with Gasteiger partial charge in [-0.2, -0.15) is 5.26 Å². The van der Waals surface area contributed by atoms with E-state index in [1.807, 2.05) is 34.9 Å². The van der Waals surface area contributed by atoms with Gasteiger partial charge in [-0.15, -0.1) is 21.5 Å². The SMILES string of the molecule is N#C/C(c1nnc2n1CCCCC2)=c1/s/c(=C/c2ccc(-c3ccc([N+](=O)[O-])cc3)o2)c(=O)n1-c1ccccc1. The quantitative estimate of drug-likeness (QED) is 0.239. The van der Waals surface area contributed by atoms with E-state index in [0.29, 0.717) is 37.8 Å². The van der Waals surface area contributed by atoms with Crippen molar-refractivity contribution in [2.75, 3.05) is 0 Å². The molecule has 10 nitrogen and oxygen atoms in total. The van der Waals surface area contributed by atoms with Crippen LogP contribution in [0.5, 0.6) is 0 Å². The van der Waals surface area contributed by atoms with Crippen molar-refractivity contribution in [3.05, 3.63) is 114 Å². The first-order valence-corrected chi connectivity index (χ1v) is 13.6. The summed E-state index contributed by atoms with van der Waals surface area (Å²) >= 11 is 1.19. The topological polar surface area (TPSA) is 133 Å². The molecule has 198 valence electrons. The molecule has 0 atom stereocenters. The van der Waals surface area contributed by atoms with Crippen LogP contribution in [0.1, 0.15) is 36.7 Å². The number of benzene rings is 2. The molecule has 0 fully saturated rings. The zero-order chi connectivity index (χ0) is 27.6. The third-order valence-corrected chi connectivity index (χ3v) is 7.85. The maximum atomic E-state index is 13.8. The van der Waals surface area contributed by atoms with Gasteiger partial charge in [-0.05, 0) is 49.2 Å². The van der Waals surface area contributed by atoms with Crippen molar-refractivity contribution < 1.29 is 9.34 Å². The number of aryl methyl sites for hydroxylation is 1. The second-order valence-corrected chi connectivity index (χ2v) is 10.3. The maximum absolute atomic E-state index is 13.8. The van der Waals surface area contributed by atoms with Crippen molar-refractivity contribution in [3.8, 4) is 23.1 Å². The highest BCUT2D eigenvalue weighted by molar-refractivity contribution is 7.07. The molecule has 2 aromatic carbocycles. The molecule has 0 unspecified atom stereocenters. The molecular formula is C29H22N6O4S. The van der Waals surface area contributed by atoms with Crippen LogP contribution in [0.15, 0.2) is 75.9 Å². The summed E-state index contributed by atoms with van der Waals surface area (Å²) in [4.78, 5) is 24.3. The minimum absolute atomic E-state index is 0.0104. The van der Waals surface area contributed by atoms with Crippen LogP contribution in [-0.4, -0.2) is 24.3 Å². The summed E-state index contributed by atoms with van der Waals surface area (Å²) in [7, 11) is 0. The van der Waals surface area contributed by atoms with Crippen molar-refractivity contribution in [1.29, 1.82) is 5.26 Å². The molecule has 0 saturated carbocycles. The highest BCUT2D eigenvalue weighted by Crippen LogP contribution is 2.25. The lowest BCUT2D eigenvalue weighted by Gasteiger charge is -2.07. The van der Waals surface area contributed by atoms with Crippen LogP contribution < -0.4 is 14.8 Å². The smallest absolute Gasteiger partial charge is 0.273 e. The first kappa shape index (κ1) is 25.2. The van der Waals surface area contributed by atoms with E-state index in [0.717, 1.165) is 38.1 Å². The van der Waals surface area contributed by atoms with Gasteiger partial charge in [-0.1, -0.05) is 24.6 Å². The van der Waals surface area contributed by atoms with Crippen LogP contribution in [0, 0.1) is 21.4 Å². The van der Waals surface area contributed by atoms with E-state index in [1.165, 1.54) is 28.0 Å². The first-order chi connectivity index (χ1) is 19.5. The predicted molar refractivity (Wildman–Crippen MR) is 149 cm³/mol. The summed E-state index contributed by atoms with van der Waals surface area (Å²) in [6.07, 6.45) is 5.53. The Morgan fingerprint density at radius 2 is 1.85 bits per heavy atom. The van der Waals surface area contributed by atoms with Gasteiger partial charge in [0.15, 0.2) is 5.82 Å². The summed E-state index contributed by atoms with van der Waals surface area (Å²) in [5.74, 6) is 2.27. The molecule has 0 radical (unpaired) electrons. The van der Waals surface area contributed by atoms with Gasteiger partial charge in [0.2, 0.25) is 0 Å². The lowest BCUT2D eigenvalue weighted by Crippen LogP contribution is -2.31. The average molecular weight is 551 g/mol. The van der Waals surface area contributed by atoms with E-state index in [9.17, 15) is 20.2 Å². The van der Waals surface area contributed by atoms with E-state index < -0.39 is 4.92 Å². The molecule has 4 heterocycles. The van der Waals surface area contributed by atoms with Gasteiger partial charge >= 0.3 is 0 Å². The Kier molecular flexibility index (Phi) is 6.67. The van der Waals surface area contributed by atoms with E-state index in [1.54, 1.807) is 30.3 Å². The fourth-order valence-electron chi connectivity index (χ4n) is 4.79. The van der Waals surface area contributed by atoms with E-state index in [4.69, 9.17) is 4.42 Å². The number of fused-ring (bicyclic) bond motifs is 1. The number of para-hydroxylation sites is 1. The highest BCUT2D eigenvalue weighted by Gasteiger charge is 2.21. The fraction of sp³-hybridized carbons (Fsp3) is 0.172. The van der Waals surface area contributed by atoms with Crippen LogP contribution in [-0.2, 0) is 13.0 Å². The third kappa shape index (κ3) is 4.65. The van der Waals surface area contributed by atoms with Crippen LogP contribution >= 0.6 is 11.3 Å². The van der Waals surface area contributed by atoms with Gasteiger partial charge in [0.05, 0.1) is 15.1 Å². The Morgan fingerprint density at radius 1 is 1.05 bits per heavy atom. The summed E-state index contributed by atoms with van der Waals surface area (Å²) in [6, 6.07) is 21.0. The van der Waals surface area contributed by atoms with E-state index in [-0.39, 0.29) is 16.8 Å². The fourth-order valence-corrected chi connectivity index (χ4v) is 5.87. The van der Waals surface area contributed by atoms with Crippen molar-refractivity contribution in [3.63, 3.8) is 0 Å². The highest BCUT2D eigenvalue weighted by atomic mass is 32.1. The lowest BCUT2D eigenvalue weighted by atomic mass is 10.1. The van der Waals surface area contributed by atoms with Gasteiger partial charge in [0, 0.05) is 36.7 Å². The molecule has 1 aliphatic rings. The summed E-state index contributed by atoms with van der Waals surface area (Å²) in [6.45, 7) is 0.723. The Morgan fingerprint density at radius 3 is 2.60 bits per heavy atom. The first-order valence-electron chi connectivity index (χ1n) is 12.7. The number of aromatic nitrogens is 4. The number of thiazole rings is 1. The number of non-ortho nitro benzene ring substituents is 1. The molecule has 11 heteroatoms.